The maximum Gasteiger partial charge on any atom is 0.148 e. The summed E-state index contributed by atoms with van der Waals surface area (Å²) in [5, 5.41) is 11.2. The molecule has 1 aromatic heterocycles. The van der Waals surface area contributed by atoms with Gasteiger partial charge in [-0.2, -0.15) is 5.26 Å². The molecule has 0 aliphatic rings. The Morgan fingerprint density at radius 1 is 1.35 bits per heavy atom. The molecule has 0 aliphatic carbocycles. The lowest BCUT2D eigenvalue weighted by Gasteiger charge is -2.24. The van der Waals surface area contributed by atoms with Gasteiger partial charge in [0.2, 0.25) is 0 Å². The van der Waals surface area contributed by atoms with Crippen molar-refractivity contribution < 1.29 is 4.74 Å². The zero-order chi connectivity index (χ0) is 14.5. The first-order valence-corrected chi connectivity index (χ1v) is 7.50. The molecule has 2 atom stereocenters. The molecule has 2 rings (SSSR count). The van der Waals surface area contributed by atoms with Crippen LogP contribution in [0.15, 0.2) is 35.7 Å². The number of rotatable bonds is 5. The number of nitrogens with two attached hydrogens (primary N) is 1. The zero-order valence-corrected chi connectivity index (χ0v) is 12.5. The van der Waals surface area contributed by atoms with Gasteiger partial charge in [-0.3, -0.25) is 0 Å². The number of ether oxygens (including phenoxy) is 1. The highest BCUT2D eigenvalue weighted by Gasteiger charge is 2.24. The number of nitrogens with zero attached hydrogens (tertiary/aromatic N) is 1. The number of aryl methyl sites for hydroxylation is 1. The van der Waals surface area contributed by atoms with E-state index in [-0.39, 0.29) is 12.1 Å². The van der Waals surface area contributed by atoms with Gasteiger partial charge in [0.15, 0.2) is 0 Å². The van der Waals surface area contributed by atoms with Crippen LogP contribution in [0.1, 0.15) is 35.5 Å². The highest BCUT2D eigenvalue weighted by Crippen LogP contribution is 2.32. The normalized spacial score (nSPS) is 13.5. The number of benzene rings is 1. The van der Waals surface area contributed by atoms with E-state index < -0.39 is 0 Å². The van der Waals surface area contributed by atoms with Crippen molar-refractivity contribution >= 4 is 11.3 Å². The third-order valence-corrected chi connectivity index (χ3v) is 4.36. The number of nitriles is 1. The summed E-state index contributed by atoms with van der Waals surface area (Å²) in [5.74, 6) is 0.594. The second-order valence-corrected chi connectivity index (χ2v) is 5.63. The monoisotopic (exact) mass is 286 g/mol. The maximum absolute atomic E-state index is 9.15. The molecule has 0 saturated carbocycles. The minimum absolute atomic E-state index is 0.0981. The van der Waals surface area contributed by atoms with Crippen molar-refractivity contribution in [2.24, 2.45) is 5.73 Å². The van der Waals surface area contributed by atoms with E-state index in [4.69, 9.17) is 15.7 Å². The standard InChI is InChI=1S/C16H18N2OS/c1-3-13(18)15(16-11(2)8-9-20-16)19-14-7-5-4-6-12(14)10-17/h4-9,13,15H,3,18H2,1-2H3. The molecule has 20 heavy (non-hydrogen) atoms. The van der Waals surface area contributed by atoms with E-state index in [0.29, 0.717) is 11.3 Å². The molecule has 2 N–H and O–H groups in total. The molecule has 4 heteroatoms. The first kappa shape index (κ1) is 14.6. The predicted octanol–water partition coefficient (Wildman–Crippen LogP) is 3.79. The lowest BCUT2D eigenvalue weighted by molar-refractivity contribution is 0.173. The number of hydrogen-bond donors (Lipinski definition) is 1. The summed E-state index contributed by atoms with van der Waals surface area (Å²) in [5.41, 5.74) is 7.93. The van der Waals surface area contributed by atoms with Crippen LogP contribution >= 0.6 is 11.3 Å². The van der Waals surface area contributed by atoms with Crippen molar-refractivity contribution in [2.45, 2.75) is 32.4 Å². The molecule has 2 unspecified atom stereocenters. The lowest BCUT2D eigenvalue weighted by atomic mass is 10.0. The van der Waals surface area contributed by atoms with Crippen LogP contribution in [0.3, 0.4) is 0 Å². The van der Waals surface area contributed by atoms with Crippen LogP contribution in [0, 0.1) is 18.3 Å². The van der Waals surface area contributed by atoms with Crippen LogP contribution < -0.4 is 10.5 Å². The average molecular weight is 286 g/mol. The Kier molecular flexibility index (Phi) is 4.78. The Balaban J connectivity index is 2.34. The average Bonchev–Trinajstić information content (AvgIpc) is 2.90. The third kappa shape index (κ3) is 3.01. The molecule has 2 aromatic rings. The van der Waals surface area contributed by atoms with Gasteiger partial charge in [-0.05, 0) is 42.5 Å². The van der Waals surface area contributed by atoms with Gasteiger partial charge in [0.05, 0.1) is 5.56 Å². The molecule has 1 heterocycles. The van der Waals surface area contributed by atoms with Gasteiger partial charge in [0, 0.05) is 10.9 Å². The maximum atomic E-state index is 9.15. The predicted molar refractivity (Wildman–Crippen MR) is 81.8 cm³/mol. The molecule has 0 spiro atoms. The number of para-hydroxylation sites is 1. The highest BCUT2D eigenvalue weighted by atomic mass is 32.1. The van der Waals surface area contributed by atoms with Crippen molar-refractivity contribution in [1.82, 2.24) is 0 Å². The zero-order valence-electron chi connectivity index (χ0n) is 11.7. The topological polar surface area (TPSA) is 59.0 Å². The van der Waals surface area contributed by atoms with Crippen molar-refractivity contribution in [1.29, 1.82) is 5.26 Å². The first-order valence-electron chi connectivity index (χ1n) is 6.62. The van der Waals surface area contributed by atoms with E-state index >= 15 is 0 Å². The summed E-state index contributed by atoms with van der Waals surface area (Å²) >= 11 is 1.65. The summed E-state index contributed by atoms with van der Waals surface area (Å²) in [6.07, 6.45) is 0.603. The van der Waals surface area contributed by atoms with Gasteiger partial charge in [-0.25, -0.2) is 0 Å². The molecule has 1 aromatic carbocycles. The Labute approximate surface area is 123 Å². The molecular weight excluding hydrogens is 268 g/mol. The summed E-state index contributed by atoms with van der Waals surface area (Å²) in [6.45, 7) is 4.10. The first-order chi connectivity index (χ1) is 9.67. The Hall–Kier alpha value is -1.83. The van der Waals surface area contributed by atoms with Gasteiger partial charge in [0.1, 0.15) is 17.9 Å². The second-order valence-electron chi connectivity index (χ2n) is 4.69. The fraction of sp³-hybridized carbons (Fsp3) is 0.312. The molecule has 0 bridgehead atoms. The summed E-state index contributed by atoms with van der Waals surface area (Å²) in [7, 11) is 0. The van der Waals surface area contributed by atoms with E-state index in [1.165, 1.54) is 5.56 Å². The van der Waals surface area contributed by atoms with E-state index in [1.807, 2.05) is 30.5 Å². The molecule has 0 saturated heterocycles. The van der Waals surface area contributed by atoms with Crippen molar-refractivity contribution in [3.8, 4) is 11.8 Å². The Morgan fingerprint density at radius 2 is 2.10 bits per heavy atom. The molecular formula is C16H18N2OS. The molecule has 0 fully saturated rings. The second kappa shape index (κ2) is 6.56. The van der Waals surface area contributed by atoms with E-state index in [9.17, 15) is 0 Å². The quantitative estimate of drug-likeness (QED) is 0.909. The fourth-order valence-electron chi connectivity index (χ4n) is 2.02. The van der Waals surface area contributed by atoms with Gasteiger partial charge >= 0.3 is 0 Å². The van der Waals surface area contributed by atoms with E-state index in [1.54, 1.807) is 17.4 Å². The van der Waals surface area contributed by atoms with Crippen molar-refractivity contribution in [2.75, 3.05) is 0 Å². The van der Waals surface area contributed by atoms with E-state index in [0.717, 1.165) is 11.3 Å². The van der Waals surface area contributed by atoms with Crippen molar-refractivity contribution in [3.05, 3.63) is 51.7 Å². The fourth-order valence-corrected chi connectivity index (χ4v) is 3.05. The molecule has 104 valence electrons. The smallest absolute Gasteiger partial charge is 0.148 e. The van der Waals surface area contributed by atoms with Crippen LogP contribution in [-0.2, 0) is 0 Å². The minimum atomic E-state index is -0.213. The number of hydrogen-bond acceptors (Lipinski definition) is 4. The van der Waals surface area contributed by atoms with E-state index in [2.05, 4.69) is 19.1 Å². The third-order valence-electron chi connectivity index (χ3n) is 3.28. The van der Waals surface area contributed by atoms with Gasteiger partial charge < -0.3 is 10.5 Å². The largest absolute Gasteiger partial charge is 0.482 e. The lowest BCUT2D eigenvalue weighted by Crippen LogP contribution is -2.31. The van der Waals surface area contributed by atoms with Gasteiger partial charge in [-0.15, -0.1) is 11.3 Å². The van der Waals surface area contributed by atoms with Crippen LogP contribution in [0.2, 0.25) is 0 Å². The van der Waals surface area contributed by atoms with Crippen LogP contribution in [0.5, 0.6) is 5.75 Å². The summed E-state index contributed by atoms with van der Waals surface area (Å²) in [4.78, 5) is 1.13. The molecule has 0 amide bonds. The SMILES string of the molecule is CCC(N)C(Oc1ccccc1C#N)c1sccc1C. The summed E-state index contributed by atoms with van der Waals surface area (Å²) < 4.78 is 6.08. The number of thiophene rings is 1. The van der Waals surface area contributed by atoms with Crippen molar-refractivity contribution in [3.63, 3.8) is 0 Å². The van der Waals surface area contributed by atoms with Crippen LogP contribution in [-0.4, -0.2) is 6.04 Å². The van der Waals surface area contributed by atoms with Gasteiger partial charge in [0.25, 0.3) is 0 Å². The van der Waals surface area contributed by atoms with Gasteiger partial charge in [-0.1, -0.05) is 19.1 Å². The minimum Gasteiger partial charge on any atom is -0.482 e. The molecule has 0 aliphatic heterocycles. The summed E-state index contributed by atoms with van der Waals surface area (Å²) in [6, 6.07) is 11.4. The Bertz CT molecular complexity index is 615. The molecule has 3 nitrogen and oxygen atoms in total. The van der Waals surface area contributed by atoms with Crippen LogP contribution in [0.4, 0.5) is 0 Å². The highest BCUT2D eigenvalue weighted by molar-refractivity contribution is 7.10. The Morgan fingerprint density at radius 3 is 2.70 bits per heavy atom. The van der Waals surface area contributed by atoms with Crippen LogP contribution in [0.25, 0.3) is 0 Å². The molecule has 0 radical (unpaired) electrons.